The summed E-state index contributed by atoms with van der Waals surface area (Å²) in [4.78, 5) is 40.7. The van der Waals surface area contributed by atoms with E-state index in [1.807, 2.05) is 24.3 Å². The van der Waals surface area contributed by atoms with E-state index >= 15 is 0 Å². The molecular formula is C28H26N4O2S2. The van der Waals surface area contributed by atoms with Gasteiger partial charge in [0.2, 0.25) is 0 Å². The maximum absolute atomic E-state index is 13.5. The minimum atomic E-state index is 0.0411. The van der Waals surface area contributed by atoms with Crippen LogP contribution in [0.1, 0.15) is 57.7 Å². The van der Waals surface area contributed by atoms with Crippen molar-refractivity contribution >= 4 is 43.1 Å². The Morgan fingerprint density at radius 1 is 0.667 bits per heavy atom. The third kappa shape index (κ3) is 3.58. The van der Waals surface area contributed by atoms with E-state index in [1.54, 1.807) is 44.5 Å². The fraction of sp³-hybridized carbons (Fsp3) is 0.357. The van der Waals surface area contributed by atoms with E-state index < -0.39 is 0 Å². The van der Waals surface area contributed by atoms with Crippen molar-refractivity contribution in [3.8, 4) is 0 Å². The molecule has 0 radical (unpaired) electrons. The average molecular weight is 515 g/mol. The Balaban J connectivity index is 1.26. The first-order chi connectivity index (χ1) is 17.7. The zero-order chi connectivity index (χ0) is 24.2. The second-order valence-corrected chi connectivity index (χ2v) is 12.1. The largest absolute Gasteiger partial charge is 0.294 e. The number of aromatic nitrogens is 4. The molecule has 1 aromatic carbocycles. The number of nitrogens with zero attached hydrogens (tertiary/aromatic N) is 4. The van der Waals surface area contributed by atoms with Crippen LogP contribution in [0.15, 0.2) is 46.5 Å². The van der Waals surface area contributed by atoms with Crippen molar-refractivity contribution in [3.05, 3.63) is 89.6 Å². The summed E-state index contributed by atoms with van der Waals surface area (Å²) in [6.07, 6.45) is 12.1. The van der Waals surface area contributed by atoms with E-state index in [-0.39, 0.29) is 11.1 Å². The molecule has 0 unspecified atom stereocenters. The number of rotatable bonds is 4. The molecule has 4 aromatic heterocycles. The molecule has 36 heavy (non-hydrogen) atoms. The molecule has 0 aliphatic heterocycles. The van der Waals surface area contributed by atoms with E-state index in [4.69, 9.17) is 0 Å². The van der Waals surface area contributed by atoms with Crippen LogP contribution >= 0.6 is 22.7 Å². The molecule has 7 rings (SSSR count). The second-order valence-electron chi connectivity index (χ2n) is 9.91. The molecule has 4 heterocycles. The van der Waals surface area contributed by atoms with Crippen molar-refractivity contribution in [1.29, 1.82) is 0 Å². The first kappa shape index (κ1) is 22.1. The Morgan fingerprint density at radius 3 is 1.58 bits per heavy atom. The minimum Gasteiger partial charge on any atom is -0.294 e. The number of aryl methyl sites for hydroxylation is 4. The van der Waals surface area contributed by atoms with E-state index in [9.17, 15) is 9.59 Å². The number of benzene rings is 1. The van der Waals surface area contributed by atoms with Crippen molar-refractivity contribution in [2.24, 2.45) is 0 Å². The van der Waals surface area contributed by atoms with Gasteiger partial charge in [-0.25, -0.2) is 9.97 Å². The van der Waals surface area contributed by atoms with Crippen molar-refractivity contribution in [2.45, 2.75) is 64.5 Å². The number of thiophene rings is 2. The van der Waals surface area contributed by atoms with Gasteiger partial charge in [0.25, 0.3) is 11.1 Å². The van der Waals surface area contributed by atoms with Gasteiger partial charge in [-0.3, -0.25) is 18.7 Å². The Bertz CT molecular complexity index is 1630. The summed E-state index contributed by atoms with van der Waals surface area (Å²) in [7, 11) is 0. The predicted octanol–water partition coefficient (Wildman–Crippen LogP) is 5.08. The van der Waals surface area contributed by atoms with Gasteiger partial charge >= 0.3 is 0 Å². The van der Waals surface area contributed by atoms with Crippen LogP contribution in [-0.4, -0.2) is 19.1 Å². The van der Waals surface area contributed by atoms with Gasteiger partial charge in [0.05, 0.1) is 36.5 Å². The molecule has 2 aliphatic carbocycles. The summed E-state index contributed by atoms with van der Waals surface area (Å²) in [6.45, 7) is 0.863. The summed E-state index contributed by atoms with van der Waals surface area (Å²) in [5.74, 6) is 0. The van der Waals surface area contributed by atoms with Crippen molar-refractivity contribution in [2.75, 3.05) is 0 Å². The van der Waals surface area contributed by atoms with E-state index in [0.29, 0.717) is 13.1 Å². The fourth-order valence-electron chi connectivity index (χ4n) is 5.82. The monoisotopic (exact) mass is 514 g/mol. The molecule has 2 aliphatic rings. The summed E-state index contributed by atoms with van der Waals surface area (Å²) in [6, 6.07) is 8.06. The number of fused-ring (bicyclic) bond motifs is 6. The van der Waals surface area contributed by atoms with Gasteiger partial charge < -0.3 is 0 Å². The SMILES string of the molecule is O=c1c2c3c(sc2ncn1Cc1ccccc1Cn1cnc2sc4c(c2c1=O)CCCC4)CCCC3. The third-order valence-corrected chi connectivity index (χ3v) is 10.1. The molecule has 182 valence electrons. The van der Waals surface area contributed by atoms with Crippen LogP contribution in [0.3, 0.4) is 0 Å². The molecule has 0 N–H and O–H groups in total. The van der Waals surface area contributed by atoms with Crippen LogP contribution in [0.25, 0.3) is 20.4 Å². The Kier molecular flexibility index (Phi) is 5.40. The second kappa shape index (κ2) is 8.78. The molecule has 0 fully saturated rings. The molecule has 0 saturated heterocycles. The molecule has 0 spiro atoms. The van der Waals surface area contributed by atoms with Gasteiger partial charge in [-0.05, 0) is 73.6 Å². The van der Waals surface area contributed by atoms with Gasteiger partial charge in [-0.1, -0.05) is 24.3 Å². The van der Waals surface area contributed by atoms with E-state index in [0.717, 1.165) is 70.1 Å². The van der Waals surface area contributed by atoms with Gasteiger partial charge in [0.1, 0.15) is 9.66 Å². The summed E-state index contributed by atoms with van der Waals surface area (Å²) < 4.78 is 3.45. The molecule has 0 bridgehead atoms. The first-order valence-corrected chi connectivity index (χ1v) is 14.4. The number of hydrogen-bond acceptors (Lipinski definition) is 6. The topological polar surface area (TPSA) is 69.8 Å². The van der Waals surface area contributed by atoms with Gasteiger partial charge in [-0.15, -0.1) is 22.7 Å². The molecule has 8 heteroatoms. The van der Waals surface area contributed by atoms with Crippen LogP contribution in [0.5, 0.6) is 0 Å². The highest BCUT2D eigenvalue weighted by Gasteiger charge is 2.22. The van der Waals surface area contributed by atoms with Gasteiger partial charge in [0.15, 0.2) is 0 Å². The van der Waals surface area contributed by atoms with Gasteiger partial charge in [-0.2, -0.15) is 0 Å². The van der Waals surface area contributed by atoms with Crippen molar-refractivity contribution < 1.29 is 0 Å². The quantitative estimate of drug-likeness (QED) is 0.335. The first-order valence-electron chi connectivity index (χ1n) is 12.7. The van der Waals surface area contributed by atoms with E-state index in [1.165, 1.54) is 33.7 Å². The van der Waals surface area contributed by atoms with E-state index in [2.05, 4.69) is 9.97 Å². The molecule has 0 saturated carbocycles. The lowest BCUT2D eigenvalue weighted by molar-refractivity contribution is 0.692. The Morgan fingerprint density at radius 2 is 1.11 bits per heavy atom. The highest BCUT2D eigenvalue weighted by Crippen LogP contribution is 2.34. The predicted molar refractivity (Wildman–Crippen MR) is 146 cm³/mol. The Hall–Kier alpha value is -3.10. The molecule has 0 atom stereocenters. The highest BCUT2D eigenvalue weighted by molar-refractivity contribution is 7.19. The van der Waals surface area contributed by atoms with Crippen LogP contribution < -0.4 is 11.1 Å². The lowest BCUT2D eigenvalue weighted by Crippen LogP contribution is -2.24. The third-order valence-electron chi connectivity index (χ3n) is 7.68. The van der Waals surface area contributed by atoms with Crippen molar-refractivity contribution in [3.63, 3.8) is 0 Å². The Labute approximate surface area is 215 Å². The zero-order valence-corrected chi connectivity index (χ0v) is 21.6. The van der Waals surface area contributed by atoms with Crippen LogP contribution in [-0.2, 0) is 38.8 Å². The van der Waals surface area contributed by atoms with Crippen LogP contribution in [0, 0.1) is 0 Å². The molecule has 5 aromatic rings. The summed E-state index contributed by atoms with van der Waals surface area (Å²) in [5.41, 5.74) is 4.55. The van der Waals surface area contributed by atoms with Crippen LogP contribution in [0.2, 0.25) is 0 Å². The fourth-order valence-corrected chi connectivity index (χ4v) is 8.26. The summed E-state index contributed by atoms with van der Waals surface area (Å²) >= 11 is 3.36. The molecule has 6 nitrogen and oxygen atoms in total. The van der Waals surface area contributed by atoms with Crippen LogP contribution in [0.4, 0.5) is 0 Å². The van der Waals surface area contributed by atoms with Gasteiger partial charge in [0, 0.05) is 9.75 Å². The maximum atomic E-state index is 13.5. The normalized spacial score (nSPS) is 15.3. The number of hydrogen-bond donors (Lipinski definition) is 0. The lowest BCUT2D eigenvalue weighted by atomic mass is 9.97. The smallest absolute Gasteiger partial charge is 0.262 e. The van der Waals surface area contributed by atoms with Crippen molar-refractivity contribution in [1.82, 2.24) is 19.1 Å². The molecule has 0 amide bonds. The molecular weight excluding hydrogens is 488 g/mol. The standard InChI is InChI=1S/C28H26N4O2S2/c33-27-23-19-9-3-5-11-21(19)35-25(23)29-15-31(27)13-17-7-1-2-8-18(17)14-32-16-30-26-24(28(32)34)20-10-4-6-12-22(20)36-26/h1-2,7-8,15-16H,3-6,9-14H2. The average Bonchev–Trinajstić information content (AvgIpc) is 3.47. The lowest BCUT2D eigenvalue weighted by Gasteiger charge is -2.14. The highest BCUT2D eigenvalue weighted by atomic mass is 32.1. The summed E-state index contributed by atoms with van der Waals surface area (Å²) in [5, 5.41) is 1.62. The minimum absolute atomic E-state index is 0.0411. The maximum Gasteiger partial charge on any atom is 0.262 e. The zero-order valence-electron chi connectivity index (χ0n) is 20.0.